The van der Waals surface area contributed by atoms with Crippen molar-refractivity contribution in [3.8, 4) is 0 Å². The third-order valence-electron chi connectivity index (χ3n) is 3.31. The smallest absolute Gasteiger partial charge is 0.191 e. The van der Waals surface area contributed by atoms with Crippen LogP contribution in [0.2, 0.25) is 0 Å². The van der Waals surface area contributed by atoms with Gasteiger partial charge in [0.1, 0.15) is 11.6 Å². The Morgan fingerprint density at radius 3 is 2.70 bits per heavy atom. The van der Waals surface area contributed by atoms with Crippen LogP contribution in [-0.4, -0.2) is 26.3 Å². The third-order valence-corrected chi connectivity index (χ3v) is 4.33. The van der Waals surface area contributed by atoms with Crippen LogP contribution in [0.5, 0.6) is 0 Å². The molecule has 0 saturated heterocycles. The summed E-state index contributed by atoms with van der Waals surface area (Å²) in [4.78, 5) is 12.0. The summed E-state index contributed by atoms with van der Waals surface area (Å²) in [5.41, 5.74) is 0.517. The van der Waals surface area contributed by atoms with Crippen molar-refractivity contribution in [2.45, 2.75) is 23.9 Å². The predicted octanol–water partition coefficient (Wildman–Crippen LogP) is 2.81. The lowest BCUT2D eigenvalue weighted by Crippen LogP contribution is -2.04. The summed E-state index contributed by atoms with van der Waals surface area (Å²) in [6.07, 6.45) is 2.34. The van der Waals surface area contributed by atoms with E-state index in [9.17, 15) is 9.18 Å². The van der Waals surface area contributed by atoms with Gasteiger partial charge in [-0.2, -0.15) is 0 Å². The fraction of sp³-hybridized carbons (Fsp3) is 0.357. The molecule has 20 heavy (non-hydrogen) atoms. The first kappa shape index (κ1) is 13.3. The Bertz CT molecular complexity index is 634. The van der Waals surface area contributed by atoms with E-state index in [1.165, 1.54) is 48.9 Å². The maximum Gasteiger partial charge on any atom is 0.191 e. The van der Waals surface area contributed by atoms with Crippen molar-refractivity contribution < 1.29 is 9.18 Å². The van der Waals surface area contributed by atoms with Crippen molar-refractivity contribution >= 4 is 17.5 Å². The number of Topliss-reactive ketones (excluding diaryl/α,β-unsaturated/α-hetero) is 1. The molecule has 0 amide bonds. The normalized spacial score (nSPS) is 14.5. The lowest BCUT2D eigenvalue weighted by molar-refractivity contribution is 0.102. The van der Waals surface area contributed by atoms with Gasteiger partial charge in [0.05, 0.1) is 5.75 Å². The highest BCUT2D eigenvalue weighted by molar-refractivity contribution is 7.99. The average Bonchev–Trinajstić information content (AvgIpc) is 3.22. The molecule has 0 bridgehead atoms. The SMILES string of the molecule is Cn1c(SCC(=O)c2ccc(F)cc2)nnc1C1CC1. The highest BCUT2D eigenvalue weighted by atomic mass is 32.2. The zero-order valence-corrected chi connectivity index (χ0v) is 11.9. The second-order valence-corrected chi connectivity index (χ2v) is 5.84. The molecule has 0 spiro atoms. The van der Waals surface area contributed by atoms with Crippen LogP contribution >= 0.6 is 11.8 Å². The van der Waals surface area contributed by atoms with Crippen LogP contribution in [0.3, 0.4) is 0 Å². The van der Waals surface area contributed by atoms with E-state index in [2.05, 4.69) is 10.2 Å². The van der Waals surface area contributed by atoms with Crippen LogP contribution in [0.1, 0.15) is 34.9 Å². The quantitative estimate of drug-likeness (QED) is 0.628. The van der Waals surface area contributed by atoms with Crippen LogP contribution in [-0.2, 0) is 7.05 Å². The minimum Gasteiger partial charge on any atom is -0.309 e. The van der Waals surface area contributed by atoms with Crippen LogP contribution in [0.15, 0.2) is 29.4 Å². The van der Waals surface area contributed by atoms with Gasteiger partial charge in [-0.25, -0.2) is 4.39 Å². The number of halogens is 1. The van der Waals surface area contributed by atoms with E-state index >= 15 is 0 Å². The molecule has 104 valence electrons. The number of hydrogen-bond donors (Lipinski definition) is 0. The van der Waals surface area contributed by atoms with E-state index < -0.39 is 0 Å². The molecule has 0 N–H and O–H groups in total. The number of ketones is 1. The first-order valence-electron chi connectivity index (χ1n) is 6.46. The molecule has 1 fully saturated rings. The van der Waals surface area contributed by atoms with Gasteiger partial charge in [0.25, 0.3) is 0 Å². The van der Waals surface area contributed by atoms with E-state index in [1.54, 1.807) is 0 Å². The zero-order chi connectivity index (χ0) is 14.1. The number of rotatable bonds is 5. The Labute approximate surface area is 120 Å². The fourth-order valence-corrected chi connectivity index (χ4v) is 2.81. The van der Waals surface area contributed by atoms with Crippen molar-refractivity contribution in [3.05, 3.63) is 41.5 Å². The molecule has 0 unspecified atom stereocenters. The first-order chi connectivity index (χ1) is 9.65. The molecule has 0 radical (unpaired) electrons. The molecule has 2 aromatic rings. The monoisotopic (exact) mass is 291 g/mol. The second kappa shape index (κ2) is 5.36. The average molecular weight is 291 g/mol. The van der Waals surface area contributed by atoms with Crippen molar-refractivity contribution in [1.29, 1.82) is 0 Å². The summed E-state index contributed by atoms with van der Waals surface area (Å²) in [5, 5.41) is 9.04. The number of hydrogen-bond acceptors (Lipinski definition) is 4. The van der Waals surface area contributed by atoms with Crippen molar-refractivity contribution in [2.24, 2.45) is 7.05 Å². The van der Waals surface area contributed by atoms with Gasteiger partial charge in [-0.3, -0.25) is 4.79 Å². The largest absolute Gasteiger partial charge is 0.309 e. The minimum atomic E-state index is -0.337. The fourth-order valence-electron chi connectivity index (χ4n) is 2.00. The highest BCUT2D eigenvalue weighted by Gasteiger charge is 2.29. The number of carbonyl (C=O) groups excluding carboxylic acids is 1. The number of thioether (sulfide) groups is 1. The molecule has 1 aliphatic carbocycles. The summed E-state index contributed by atoms with van der Waals surface area (Å²) >= 11 is 1.37. The van der Waals surface area contributed by atoms with Gasteiger partial charge in [0, 0.05) is 18.5 Å². The van der Waals surface area contributed by atoms with Crippen LogP contribution < -0.4 is 0 Å². The van der Waals surface area contributed by atoms with E-state index in [4.69, 9.17) is 0 Å². The summed E-state index contributed by atoms with van der Waals surface area (Å²) < 4.78 is 14.8. The van der Waals surface area contributed by atoms with E-state index in [-0.39, 0.29) is 17.4 Å². The Morgan fingerprint density at radius 1 is 1.35 bits per heavy atom. The highest BCUT2D eigenvalue weighted by Crippen LogP contribution is 2.39. The Morgan fingerprint density at radius 2 is 2.05 bits per heavy atom. The van der Waals surface area contributed by atoms with Gasteiger partial charge in [0.15, 0.2) is 10.9 Å². The summed E-state index contributed by atoms with van der Waals surface area (Å²) in [6.45, 7) is 0. The topological polar surface area (TPSA) is 47.8 Å². The van der Waals surface area contributed by atoms with Gasteiger partial charge in [0.2, 0.25) is 0 Å². The second-order valence-electron chi connectivity index (χ2n) is 4.89. The lowest BCUT2D eigenvalue weighted by Gasteiger charge is -2.03. The Hall–Kier alpha value is -1.69. The Balaban J connectivity index is 1.64. The van der Waals surface area contributed by atoms with Gasteiger partial charge >= 0.3 is 0 Å². The van der Waals surface area contributed by atoms with Crippen LogP contribution in [0.25, 0.3) is 0 Å². The molecular weight excluding hydrogens is 277 g/mol. The van der Waals surface area contributed by atoms with Gasteiger partial charge in [-0.15, -0.1) is 10.2 Å². The third kappa shape index (κ3) is 2.75. The molecule has 1 aromatic heterocycles. The predicted molar refractivity (Wildman–Crippen MR) is 74.4 cm³/mol. The molecule has 1 heterocycles. The number of nitrogens with zero attached hydrogens (tertiary/aromatic N) is 3. The molecule has 6 heteroatoms. The molecule has 0 atom stereocenters. The first-order valence-corrected chi connectivity index (χ1v) is 7.44. The maximum absolute atomic E-state index is 12.8. The zero-order valence-electron chi connectivity index (χ0n) is 11.0. The lowest BCUT2D eigenvalue weighted by atomic mass is 10.1. The molecule has 3 rings (SSSR count). The molecule has 4 nitrogen and oxygen atoms in total. The van der Waals surface area contributed by atoms with Crippen LogP contribution in [0.4, 0.5) is 4.39 Å². The van der Waals surface area contributed by atoms with E-state index in [1.807, 2.05) is 11.6 Å². The standard InChI is InChI=1S/C14H14FN3OS/c1-18-13(10-2-3-10)16-17-14(18)20-8-12(19)9-4-6-11(15)7-5-9/h4-7,10H,2-3,8H2,1H3. The van der Waals surface area contributed by atoms with Crippen LogP contribution in [0, 0.1) is 5.82 Å². The molecule has 1 aliphatic rings. The molecule has 0 aliphatic heterocycles. The summed E-state index contributed by atoms with van der Waals surface area (Å²) in [5.74, 6) is 1.45. The molecule has 1 saturated carbocycles. The van der Waals surface area contributed by atoms with Gasteiger partial charge < -0.3 is 4.57 Å². The summed E-state index contributed by atoms with van der Waals surface area (Å²) in [7, 11) is 1.93. The van der Waals surface area contributed by atoms with Crippen molar-refractivity contribution in [1.82, 2.24) is 14.8 Å². The molecule has 1 aromatic carbocycles. The summed E-state index contributed by atoms with van der Waals surface area (Å²) in [6, 6.07) is 5.60. The Kier molecular flexibility index (Phi) is 3.56. The van der Waals surface area contributed by atoms with Gasteiger partial charge in [-0.05, 0) is 37.1 Å². The minimum absolute atomic E-state index is 0.0361. The van der Waals surface area contributed by atoms with Crippen molar-refractivity contribution in [2.75, 3.05) is 5.75 Å². The molecular formula is C14H14FN3OS. The number of benzene rings is 1. The number of carbonyl (C=O) groups is 1. The number of aromatic nitrogens is 3. The maximum atomic E-state index is 12.8. The van der Waals surface area contributed by atoms with E-state index in [0.29, 0.717) is 11.5 Å². The van der Waals surface area contributed by atoms with Gasteiger partial charge in [-0.1, -0.05) is 11.8 Å². The van der Waals surface area contributed by atoms with Crippen molar-refractivity contribution in [3.63, 3.8) is 0 Å². The van der Waals surface area contributed by atoms with E-state index in [0.717, 1.165) is 11.0 Å².